The van der Waals surface area contributed by atoms with E-state index < -0.39 is 11.5 Å². The number of carbonyl (C=O) groups is 1. The summed E-state index contributed by atoms with van der Waals surface area (Å²) in [6, 6.07) is 6.54. The molecule has 0 radical (unpaired) electrons. The standard InChI is InChI=1S/C13H18FNO2S/c1-3-17-12(16)13(2,15)8-9-18-11-7-5-4-6-10(11)14/h4-7H,3,8-9,15H2,1-2H3. The smallest absolute Gasteiger partial charge is 0.325 e. The number of halogens is 1. The lowest BCUT2D eigenvalue weighted by Crippen LogP contribution is -2.46. The Bertz CT molecular complexity index is 410. The first kappa shape index (κ1) is 15.0. The monoisotopic (exact) mass is 271 g/mol. The lowest BCUT2D eigenvalue weighted by atomic mass is 10.0. The number of esters is 1. The molecule has 1 aromatic rings. The van der Waals surface area contributed by atoms with E-state index in [0.29, 0.717) is 23.7 Å². The first-order valence-electron chi connectivity index (χ1n) is 5.81. The molecule has 0 aliphatic carbocycles. The summed E-state index contributed by atoms with van der Waals surface area (Å²) in [6.45, 7) is 3.68. The van der Waals surface area contributed by atoms with E-state index in [-0.39, 0.29) is 5.82 Å². The third-order valence-electron chi connectivity index (χ3n) is 2.46. The van der Waals surface area contributed by atoms with Crippen molar-refractivity contribution in [3.63, 3.8) is 0 Å². The molecule has 0 aliphatic heterocycles. The van der Waals surface area contributed by atoms with Crippen molar-refractivity contribution in [3.8, 4) is 0 Å². The minimum absolute atomic E-state index is 0.252. The van der Waals surface area contributed by atoms with Crippen molar-refractivity contribution < 1.29 is 13.9 Å². The fourth-order valence-electron chi connectivity index (χ4n) is 1.33. The van der Waals surface area contributed by atoms with Crippen LogP contribution >= 0.6 is 11.8 Å². The van der Waals surface area contributed by atoms with Crippen molar-refractivity contribution in [2.75, 3.05) is 12.4 Å². The fraction of sp³-hybridized carbons (Fsp3) is 0.462. The molecule has 5 heteroatoms. The van der Waals surface area contributed by atoms with E-state index in [1.165, 1.54) is 17.8 Å². The van der Waals surface area contributed by atoms with Crippen LogP contribution in [-0.4, -0.2) is 23.9 Å². The van der Waals surface area contributed by atoms with Crippen LogP contribution in [-0.2, 0) is 9.53 Å². The zero-order chi connectivity index (χ0) is 13.6. The molecule has 0 fully saturated rings. The number of hydrogen-bond acceptors (Lipinski definition) is 4. The van der Waals surface area contributed by atoms with Crippen molar-refractivity contribution in [1.82, 2.24) is 0 Å². The third kappa shape index (κ3) is 4.31. The lowest BCUT2D eigenvalue weighted by Gasteiger charge is -2.21. The summed E-state index contributed by atoms with van der Waals surface area (Å²) in [4.78, 5) is 12.1. The molecule has 1 rings (SSSR count). The zero-order valence-electron chi connectivity index (χ0n) is 10.6. The Morgan fingerprint density at radius 1 is 1.50 bits per heavy atom. The van der Waals surface area contributed by atoms with E-state index in [1.54, 1.807) is 32.0 Å². The van der Waals surface area contributed by atoms with Crippen LogP contribution in [0.3, 0.4) is 0 Å². The largest absolute Gasteiger partial charge is 0.465 e. The van der Waals surface area contributed by atoms with Gasteiger partial charge in [0, 0.05) is 10.6 Å². The van der Waals surface area contributed by atoms with Gasteiger partial charge in [0.2, 0.25) is 0 Å². The molecule has 0 aliphatic rings. The second-order valence-corrected chi connectivity index (χ2v) is 5.30. The van der Waals surface area contributed by atoms with E-state index in [4.69, 9.17) is 10.5 Å². The minimum atomic E-state index is -1.02. The SMILES string of the molecule is CCOC(=O)C(C)(N)CCSc1ccccc1F. The third-order valence-corrected chi connectivity index (χ3v) is 3.51. The molecular formula is C13H18FNO2S. The summed E-state index contributed by atoms with van der Waals surface area (Å²) < 4.78 is 18.2. The van der Waals surface area contributed by atoms with Gasteiger partial charge in [0.05, 0.1) is 6.61 Å². The molecule has 0 heterocycles. The highest BCUT2D eigenvalue weighted by molar-refractivity contribution is 7.99. The lowest BCUT2D eigenvalue weighted by molar-refractivity contribution is -0.149. The molecule has 1 unspecified atom stereocenters. The number of benzene rings is 1. The highest BCUT2D eigenvalue weighted by Gasteiger charge is 2.29. The van der Waals surface area contributed by atoms with Gasteiger partial charge in [-0.15, -0.1) is 11.8 Å². The van der Waals surface area contributed by atoms with Crippen molar-refractivity contribution in [2.24, 2.45) is 5.73 Å². The summed E-state index contributed by atoms with van der Waals surface area (Å²) in [5, 5.41) is 0. The molecule has 0 spiro atoms. The summed E-state index contributed by atoms with van der Waals surface area (Å²) >= 11 is 1.35. The quantitative estimate of drug-likeness (QED) is 0.638. The molecule has 100 valence electrons. The van der Waals surface area contributed by atoms with E-state index >= 15 is 0 Å². The Labute approximate surface area is 111 Å². The van der Waals surface area contributed by atoms with Crippen LogP contribution in [0.15, 0.2) is 29.2 Å². The first-order valence-corrected chi connectivity index (χ1v) is 6.79. The number of nitrogens with two attached hydrogens (primary N) is 1. The van der Waals surface area contributed by atoms with Gasteiger partial charge in [-0.25, -0.2) is 4.39 Å². The Balaban J connectivity index is 2.46. The number of carbonyl (C=O) groups excluding carboxylic acids is 1. The second kappa shape index (κ2) is 6.75. The molecule has 0 saturated carbocycles. The van der Waals surface area contributed by atoms with Gasteiger partial charge >= 0.3 is 5.97 Å². The molecule has 0 bridgehead atoms. The van der Waals surface area contributed by atoms with Crippen LogP contribution in [0.4, 0.5) is 4.39 Å². The Morgan fingerprint density at radius 3 is 2.78 bits per heavy atom. The number of thioether (sulfide) groups is 1. The van der Waals surface area contributed by atoms with Gasteiger partial charge in [-0.1, -0.05) is 12.1 Å². The average molecular weight is 271 g/mol. The molecule has 0 amide bonds. The summed E-state index contributed by atoms with van der Waals surface area (Å²) in [6.07, 6.45) is 0.435. The van der Waals surface area contributed by atoms with Crippen molar-refractivity contribution in [3.05, 3.63) is 30.1 Å². The van der Waals surface area contributed by atoms with Crippen molar-refractivity contribution in [1.29, 1.82) is 0 Å². The van der Waals surface area contributed by atoms with E-state index in [0.717, 1.165) is 0 Å². The fourth-order valence-corrected chi connectivity index (χ4v) is 2.46. The molecule has 3 nitrogen and oxygen atoms in total. The highest BCUT2D eigenvalue weighted by atomic mass is 32.2. The molecule has 2 N–H and O–H groups in total. The molecule has 18 heavy (non-hydrogen) atoms. The number of rotatable bonds is 6. The van der Waals surface area contributed by atoms with E-state index in [1.807, 2.05) is 0 Å². The van der Waals surface area contributed by atoms with E-state index in [2.05, 4.69) is 0 Å². The predicted molar refractivity (Wildman–Crippen MR) is 71.0 cm³/mol. The zero-order valence-corrected chi connectivity index (χ0v) is 11.4. The Morgan fingerprint density at radius 2 is 2.17 bits per heavy atom. The van der Waals surface area contributed by atoms with Crippen LogP contribution in [0.2, 0.25) is 0 Å². The van der Waals surface area contributed by atoms with Crippen LogP contribution in [0.25, 0.3) is 0 Å². The van der Waals surface area contributed by atoms with E-state index in [9.17, 15) is 9.18 Å². The normalized spacial score (nSPS) is 14.0. The number of hydrogen-bond donors (Lipinski definition) is 1. The Hall–Kier alpha value is -1.07. The van der Waals surface area contributed by atoms with Gasteiger partial charge in [-0.05, 0) is 32.4 Å². The number of ether oxygens (including phenoxy) is 1. The van der Waals surface area contributed by atoms with Gasteiger partial charge in [0.1, 0.15) is 11.4 Å². The van der Waals surface area contributed by atoms with Crippen LogP contribution in [0.1, 0.15) is 20.3 Å². The summed E-state index contributed by atoms with van der Waals surface area (Å²) in [7, 11) is 0. The van der Waals surface area contributed by atoms with Crippen LogP contribution < -0.4 is 5.73 Å². The van der Waals surface area contributed by atoms with Crippen molar-refractivity contribution in [2.45, 2.75) is 30.7 Å². The highest BCUT2D eigenvalue weighted by Crippen LogP contribution is 2.24. The van der Waals surface area contributed by atoms with Gasteiger partial charge < -0.3 is 10.5 Å². The van der Waals surface area contributed by atoms with Gasteiger partial charge in [-0.3, -0.25) is 4.79 Å². The molecule has 0 aromatic heterocycles. The Kier molecular flexibility index (Phi) is 5.62. The average Bonchev–Trinajstić information content (AvgIpc) is 2.32. The van der Waals surface area contributed by atoms with Crippen LogP contribution in [0.5, 0.6) is 0 Å². The maximum absolute atomic E-state index is 13.3. The topological polar surface area (TPSA) is 52.3 Å². The maximum Gasteiger partial charge on any atom is 0.325 e. The molecular weight excluding hydrogens is 253 g/mol. The molecule has 1 atom stereocenters. The minimum Gasteiger partial charge on any atom is -0.465 e. The summed E-state index contributed by atoms with van der Waals surface area (Å²) in [5.41, 5.74) is 4.85. The predicted octanol–water partition coefficient (Wildman–Crippen LogP) is 2.59. The van der Waals surface area contributed by atoms with Crippen LogP contribution in [0, 0.1) is 5.82 Å². The van der Waals surface area contributed by atoms with Gasteiger partial charge in [-0.2, -0.15) is 0 Å². The maximum atomic E-state index is 13.3. The van der Waals surface area contributed by atoms with Crippen molar-refractivity contribution >= 4 is 17.7 Å². The molecule has 1 aromatic carbocycles. The second-order valence-electron chi connectivity index (χ2n) is 4.17. The summed E-state index contributed by atoms with van der Waals surface area (Å²) in [5.74, 6) is -0.108. The van der Waals surface area contributed by atoms with Gasteiger partial charge in [0.25, 0.3) is 0 Å². The van der Waals surface area contributed by atoms with Gasteiger partial charge in [0.15, 0.2) is 0 Å². The molecule has 0 saturated heterocycles. The first-order chi connectivity index (χ1) is 8.47.